The Balaban J connectivity index is 1.18. The van der Waals surface area contributed by atoms with Crippen LogP contribution in [0.5, 0.6) is 5.75 Å². The van der Waals surface area contributed by atoms with Crippen LogP contribution in [0.4, 0.5) is 4.39 Å². The molecule has 0 radical (unpaired) electrons. The monoisotopic (exact) mass is 417 g/mol. The summed E-state index contributed by atoms with van der Waals surface area (Å²) in [6.07, 6.45) is 4.33. The van der Waals surface area contributed by atoms with Crippen LogP contribution in [0.3, 0.4) is 0 Å². The lowest BCUT2D eigenvalue weighted by molar-refractivity contribution is -0.183. The van der Waals surface area contributed by atoms with Gasteiger partial charge in [0.25, 0.3) is 5.91 Å². The van der Waals surface area contributed by atoms with E-state index in [0.717, 1.165) is 11.8 Å². The number of carbonyl (C=O) groups is 2. The van der Waals surface area contributed by atoms with Gasteiger partial charge >= 0.3 is 0 Å². The van der Waals surface area contributed by atoms with Gasteiger partial charge in [-0.05, 0) is 43.5 Å². The van der Waals surface area contributed by atoms with Gasteiger partial charge in [0.05, 0.1) is 10.4 Å². The van der Waals surface area contributed by atoms with Crippen LogP contribution < -0.4 is 15.4 Å². The maximum absolute atomic E-state index is 13.4. The van der Waals surface area contributed by atoms with Gasteiger partial charge in [-0.3, -0.25) is 14.6 Å². The Morgan fingerprint density at radius 3 is 2.69 bits per heavy atom. The average molecular weight is 418 g/mol. The summed E-state index contributed by atoms with van der Waals surface area (Å²) in [6, 6.07) is 9.73. The number of ether oxygens (including phenoxy) is 1. The highest BCUT2D eigenvalue weighted by Crippen LogP contribution is 2.67. The molecule has 3 aliphatic rings. The number of aromatic nitrogens is 1. The molecule has 6 nitrogen and oxygen atoms in total. The summed E-state index contributed by atoms with van der Waals surface area (Å²) in [5.74, 6) is -0.606. The van der Waals surface area contributed by atoms with Crippen molar-refractivity contribution >= 4 is 23.4 Å². The minimum atomic E-state index is -0.597. The van der Waals surface area contributed by atoms with E-state index in [0.29, 0.717) is 32.2 Å². The van der Waals surface area contributed by atoms with Crippen molar-refractivity contribution in [2.75, 3.05) is 13.2 Å². The van der Waals surface area contributed by atoms with E-state index < -0.39 is 5.82 Å². The van der Waals surface area contributed by atoms with Crippen LogP contribution in [-0.2, 0) is 16.0 Å². The van der Waals surface area contributed by atoms with E-state index in [9.17, 15) is 14.0 Å². The highest BCUT2D eigenvalue weighted by atomic mass is 35.5. The molecule has 2 amide bonds. The Morgan fingerprint density at radius 1 is 1.21 bits per heavy atom. The van der Waals surface area contributed by atoms with Crippen LogP contribution in [0.1, 0.15) is 25.0 Å². The number of hydrogen-bond acceptors (Lipinski definition) is 4. The number of benzene rings is 1. The third kappa shape index (κ3) is 4.05. The number of amides is 2. The maximum atomic E-state index is 13.4. The molecular formula is C21H21ClFN3O3. The Labute approximate surface area is 172 Å². The zero-order valence-corrected chi connectivity index (χ0v) is 16.5. The molecule has 0 atom stereocenters. The number of nitrogens with zero attached hydrogens (tertiary/aromatic N) is 1. The summed E-state index contributed by atoms with van der Waals surface area (Å²) >= 11 is 5.62. The highest BCUT2D eigenvalue weighted by molar-refractivity contribution is 6.30. The van der Waals surface area contributed by atoms with E-state index in [-0.39, 0.29) is 40.1 Å². The summed E-state index contributed by atoms with van der Waals surface area (Å²) in [6.45, 7) is 0.328. The van der Waals surface area contributed by atoms with Crippen LogP contribution >= 0.6 is 11.6 Å². The summed E-state index contributed by atoms with van der Waals surface area (Å²) in [4.78, 5) is 28.8. The van der Waals surface area contributed by atoms with Gasteiger partial charge in [-0.25, -0.2) is 4.39 Å². The van der Waals surface area contributed by atoms with E-state index in [4.69, 9.17) is 16.3 Å². The largest absolute Gasteiger partial charge is 0.484 e. The molecule has 1 heterocycles. The fourth-order valence-electron chi connectivity index (χ4n) is 4.25. The Bertz CT molecular complexity index is 918. The van der Waals surface area contributed by atoms with E-state index in [1.807, 2.05) is 18.2 Å². The van der Waals surface area contributed by atoms with Gasteiger partial charge in [-0.2, -0.15) is 0 Å². The molecule has 3 aliphatic carbocycles. The molecule has 2 N–H and O–H groups in total. The molecule has 5 rings (SSSR count). The van der Waals surface area contributed by atoms with Crippen LogP contribution in [0, 0.1) is 11.2 Å². The average Bonchev–Trinajstić information content (AvgIpc) is 2.65. The smallest absolute Gasteiger partial charge is 0.258 e. The molecule has 3 fully saturated rings. The molecule has 2 aromatic rings. The second-order valence-electron chi connectivity index (χ2n) is 7.83. The molecule has 29 heavy (non-hydrogen) atoms. The first-order valence-corrected chi connectivity index (χ1v) is 9.85. The standard InChI is InChI=1S/C21H21ClFN3O3/c22-16-5-4-15(9-17(16)23)29-10-18(27)26-21-11-20(12-21,13-21)19(28)25-8-6-14-3-1-2-7-24-14/h1-5,7,9H,6,8,10-13H2,(H,25,28)(H,26,27). The summed E-state index contributed by atoms with van der Waals surface area (Å²) in [7, 11) is 0. The number of nitrogens with one attached hydrogen (secondary N) is 2. The van der Waals surface area contributed by atoms with Crippen molar-refractivity contribution in [1.82, 2.24) is 15.6 Å². The van der Waals surface area contributed by atoms with Gasteiger partial charge in [0.1, 0.15) is 11.6 Å². The molecule has 152 valence electrons. The first kappa shape index (κ1) is 19.6. The second-order valence-corrected chi connectivity index (χ2v) is 8.24. The number of pyridine rings is 1. The van der Waals surface area contributed by atoms with Crippen LogP contribution in [0.25, 0.3) is 0 Å². The maximum Gasteiger partial charge on any atom is 0.258 e. The van der Waals surface area contributed by atoms with Crippen molar-refractivity contribution in [3.05, 3.63) is 59.1 Å². The van der Waals surface area contributed by atoms with Gasteiger partial charge in [0.15, 0.2) is 6.61 Å². The van der Waals surface area contributed by atoms with Crippen LogP contribution in [-0.4, -0.2) is 35.5 Å². The lowest BCUT2D eigenvalue weighted by Crippen LogP contribution is -2.78. The zero-order chi connectivity index (χ0) is 20.5. The Hall–Kier alpha value is -2.67. The molecule has 0 aliphatic heterocycles. The normalized spacial score (nSPS) is 24.1. The predicted molar refractivity (Wildman–Crippen MR) is 105 cm³/mol. The van der Waals surface area contributed by atoms with Gasteiger partial charge in [0.2, 0.25) is 5.91 Å². The highest BCUT2D eigenvalue weighted by Gasteiger charge is 2.72. The van der Waals surface area contributed by atoms with Gasteiger partial charge in [0, 0.05) is 36.5 Å². The van der Waals surface area contributed by atoms with Crippen molar-refractivity contribution in [3.8, 4) is 5.75 Å². The van der Waals surface area contributed by atoms with Crippen molar-refractivity contribution < 1.29 is 18.7 Å². The fraction of sp³-hybridized carbons (Fsp3) is 0.381. The van der Waals surface area contributed by atoms with Crippen molar-refractivity contribution in [2.24, 2.45) is 5.41 Å². The summed E-state index contributed by atoms with van der Waals surface area (Å²) in [5, 5.41) is 5.92. The van der Waals surface area contributed by atoms with Crippen LogP contribution in [0.2, 0.25) is 5.02 Å². The molecular weight excluding hydrogens is 397 g/mol. The zero-order valence-electron chi connectivity index (χ0n) is 15.7. The van der Waals surface area contributed by atoms with Gasteiger partial charge < -0.3 is 15.4 Å². The summed E-state index contributed by atoms with van der Waals surface area (Å²) < 4.78 is 18.7. The first-order valence-electron chi connectivity index (χ1n) is 9.47. The molecule has 0 saturated heterocycles. The third-order valence-corrected chi connectivity index (χ3v) is 5.88. The Kier molecular flexibility index (Phi) is 5.17. The van der Waals surface area contributed by atoms with Gasteiger partial charge in [-0.15, -0.1) is 0 Å². The minimum absolute atomic E-state index is 0.000672. The van der Waals surface area contributed by atoms with Crippen molar-refractivity contribution in [3.63, 3.8) is 0 Å². The predicted octanol–water partition coefficient (Wildman–Crippen LogP) is 2.65. The van der Waals surface area contributed by atoms with Crippen molar-refractivity contribution in [1.29, 1.82) is 0 Å². The quantitative estimate of drug-likeness (QED) is 0.692. The van der Waals surface area contributed by atoms with Crippen molar-refractivity contribution in [2.45, 2.75) is 31.2 Å². The third-order valence-electron chi connectivity index (χ3n) is 5.57. The second kappa shape index (κ2) is 7.63. The minimum Gasteiger partial charge on any atom is -0.484 e. The number of hydrogen-bond donors (Lipinski definition) is 2. The number of halogens is 2. The molecule has 1 aromatic carbocycles. The molecule has 1 aromatic heterocycles. The van der Waals surface area contributed by atoms with Gasteiger partial charge in [-0.1, -0.05) is 17.7 Å². The topological polar surface area (TPSA) is 80.3 Å². The number of carbonyl (C=O) groups excluding carboxylic acids is 2. The molecule has 0 unspecified atom stereocenters. The lowest BCUT2D eigenvalue weighted by Gasteiger charge is -2.69. The van der Waals surface area contributed by atoms with E-state index in [2.05, 4.69) is 15.6 Å². The van der Waals surface area contributed by atoms with E-state index >= 15 is 0 Å². The van der Waals surface area contributed by atoms with Crippen LogP contribution in [0.15, 0.2) is 42.6 Å². The molecule has 3 saturated carbocycles. The lowest BCUT2D eigenvalue weighted by atomic mass is 9.39. The molecule has 2 bridgehead atoms. The number of rotatable bonds is 8. The SMILES string of the molecule is O=C(COc1ccc(Cl)c(F)c1)NC12CC(C(=O)NCCc3ccccn3)(C1)C2. The fourth-order valence-corrected chi connectivity index (χ4v) is 4.36. The van der Waals surface area contributed by atoms with E-state index in [1.54, 1.807) is 6.20 Å². The van der Waals surface area contributed by atoms with E-state index in [1.165, 1.54) is 12.1 Å². The Morgan fingerprint density at radius 2 is 2.00 bits per heavy atom. The molecule has 0 spiro atoms. The molecule has 8 heteroatoms. The first-order chi connectivity index (χ1) is 13.9. The summed E-state index contributed by atoms with van der Waals surface area (Å²) in [5.41, 5.74) is 0.261.